The largest absolute Gasteiger partial charge is 0.496 e. The summed E-state index contributed by atoms with van der Waals surface area (Å²) in [5.74, 6) is 0.192. The molecule has 0 bridgehead atoms. The molecule has 19 heavy (non-hydrogen) atoms. The van der Waals surface area contributed by atoms with E-state index in [4.69, 9.17) is 4.74 Å². The smallest absolute Gasteiger partial charge is 0.176 e. The molecule has 0 amide bonds. The number of halogens is 1. The zero-order valence-corrected chi connectivity index (χ0v) is 11.2. The molecule has 2 aromatic carbocycles. The molecule has 0 aliphatic heterocycles. The Kier molecular flexibility index (Phi) is 4.58. The molecule has 0 heterocycles. The molecule has 2 rings (SSSR count). The number of hydrogen-bond donors (Lipinski definition) is 0. The first-order chi connectivity index (χ1) is 9.22. The highest BCUT2D eigenvalue weighted by Gasteiger charge is 2.12. The summed E-state index contributed by atoms with van der Waals surface area (Å²) in [6.07, 6.45) is 0. The van der Waals surface area contributed by atoms with Gasteiger partial charge in [-0.1, -0.05) is 24.3 Å². The zero-order valence-electron chi connectivity index (χ0n) is 10.4. The average molecular weight is 276 g/mol. The molecule has 0 atom stereocenters. The fourth-order valence-electron chi connectivity index (χ4n) is 1.65. The van der Waals surface area contributed by atoms with E-state index in [2.05, 4.69) is 0 Å². The second-order valence-electron chi connectivity index (χ2n) is 3.84. The van der Waals surface area contributed by atoms with Crippen molar-refractivity contribution in [3.63, 3.8) is 0 Å². The van der Waals surface area contributed by atoms with Gasteiger partial charge in [-0.3, -0.25) is 4.79 Å². The lowest BCUT2D eigenvalue weighted by Gasteiger charge is -2.07. The standard InChI is InChI=1S/C15H13FO2S/c1-18-14-8-4-5-9-15(14)19-10-13(17)11-6-2-3-7-12(11)16/h2-9H,10H2,1H3. The van der Waals surface area contributed by atoms with Crippen LogP contribution in [0.25, 0.3) is 0 Å². The van der Waals surface area contributed by atoms with Crippen LogP contribution in [0.5, 0.6) is 5.75 Å². The van der Waals surface area contributed by atoms with Crippen LogP contribution in [0.1, 0.15) is 10.4 Å². The van der Waals surface area contributed by atoms with Gasteiger partial charge >= 0.3 is 0 Å². The van der Waals surface area contributed by atoms with E-state index in [-0.39, 0.29) is 17.1 Å². The van der Waals surface area contributed by atoms with Crippen molar-refractivity contribution in [1.29, 1.82) is 0 Å². The number of ether oxygens (including phenoxy) is 1. The number of carbonyl (C=O) groups is 1. The zero-order chi connectivity index (χ0) is 13.7. The number of carbonyl (C=O) groups excluding carboxylic acids is 1. The van der Waals surface area contributed by atoms with Crippen LogP contribution in [-0.2, 0) is 0 Å². The van der Waals surface area contributed by atoms with E-state index in [0.29, 0.717) is 5.75 Å². The Morgan fingerprint density at radius 1 is 1.16 bits per heavy atom. The topological polar surface area (TPSA) is 26.3 Å². The Labute approximate surface area is 115 Å². The molecule has 4 heteroatoms. The van der Waals surface area contributed by atoms with E-state index in [1.165, 1.54) is 23.9 Å². The summed E-state index contributed by atoms with van der Waals surface area (Å²) in [5, 5.41) is 0. The quantitative estimate of drug-likeness (QED) is 0.613. The molecular weight excluding hydrogens is 263 g/mol. The Balaban J connectivity index is 2.07. The molecule has 0 saturated heterocycles. The van der Waals surface area contributed by atoms with Gasteiger partial charge in [0.15, 0.2) is 5.78 Å². The third-order valence-corrected chi connectivity index (χ3v) is 3.66. The lowest BCUT2D eigenvalue weighted by atomic mass is 10.1. The fraction of sp³-hybridized carbons (Fsp3) is 0.133. The molecule has 0 radical (unpaired) electrons. The Bertz CT molecular complexity index is 584. The monoisotopic (exact) mass is 276 g/mol. The number of Topliss-reactive ketones (excluding diaryl/α,β-unsaturated/α-hetero) is 1. The van der Waals surface area contributed by atoms with Crippen molar-refractivity contribution < 1.29 is 13.9 Å². The summed E-state index contributed by atoms with van der Waals surface area (Å²) in [7, 11) is 1.58. The van der Waals surface area contributed by atoms with E-state index < -0.39 is 5.82 Å². The molecular formula is C15H13FO2S. The number of para-hydroxylation sites is 1. The predicted molar refractivity (Wildman–Crippen MR) is 74.4 cm³/mol. The van der Waals surface area contributed by atoms with Crippen LogP contribution in [0, 0.1) is 5.82 Å². The van der Waals surface area contributed by atoms with Crippen LogP contribution < -0.4 is 4.74 Å². The minimum Gasteiger partial charge on any atom is -0.496 e. The lowest BCUT2D eigenvalue weighted by Crippen LogP contribution is -2.05. The van der Waals surface area contributed by atoms with Crippen molar-refractivity contribution in [3.8, 4) is 5.75 Å². The minimum absolute atomic E-state index is 0.130. The van der Waals surface area contributed by atoms with Crippen molar-refractivity contribution in [2.24, 2.45) is 0 Å². The molecule has 0 N–H and O–H groups in total. The van der Waals surface area contributed by atoms with Crippen LogP contribution in [0.15, 0.2) is 53.4 Å². The minimum atomic E-state index is -0.479. The second kappa shape index (κ2) is 6.38. The maximum Gasteiger partial charge on any atom is 0.176 e. The van der Waals surface area contributed by atoms with Crippen LogP contribution in [0.4, 0.5) is 4.39 Å². The maximum atomic E-state index is 13.5. The molecule has 0 aliphatic rings. The summed E-state index contributed by atoms with van der Waals surface area (Å²) in [6, 6.07) is 13.5. The Morgan fingerprint density at radius 3 is 2.58 bits per heavy atom. The first-order valence-corrected chi connectivity index (χ1v) is 6.74. The number of hydrogen-bond acceptors (Lipinski definition) is 3. The van der Waals surface area contributed by atoms with Gasteiger partial charge in [-0.2, -0.15) is 0 Å². The van der Waals surface area contributed by atoms with Gasteiger partial charge in [0, 0.05) is 4.90 Å². The lowest BCUT2D eigenvalue weighted by molar-refractivity contribution is 0.101. The normalized spacial score (nSPS) is 10.2. The first kappa shape index (κ1) is 13.6. The predicted octanol–water partition coefficient (Wildman–Crippen LogP) is 3.81. The molecule has 0 fully saturated rings. The summed E-state index contributed by atoms with van der Waals surface area (Å²) in [5.41, 5.74) is 0.130. The number of thioether (sulfide) groups is 1. The van der Waals surface area contributed by atoms with Crippen molar-refractivity contribution in [2.75, 3.05) is 12.9 Å². The highest BCUT2D eigenvalue weighted by Crippen LogP contribution is 2.29. The Morgan fingerprint density at radius 2 is 1.84 bits per heavy atom. The van der Waals surface area contributed by atoms with E-state index in [9.17, 15) is 9.18 Å². The van der Waals surface area contributed by atoms with Gasteiger partial charge in [-0.15, -0.1) is 11.8 Å². The van der Waals surface area contributed by atoms with Gasteiger partial charge in [0.1, 0.15) is 11.6 Å². The van der Waals surface area contributed by atoms with Crippen molar-refractivity contribution in [3.05, 3.63) is 59.9 Å². The number of benzene rings is 2. The molecule has 2 aromatic rings. The molecule has 98 valence electrons. The van der Waals surface area contributed by atoms with Crippen LogP contribution in [0.3, 0.4) is 0 Å². The highest BCUT2D eigenvalue weighted by atomic mass is 32.2. The Hall–Kier alpha value is -1.81. The number of rotatable bonds is 5. The van der Waals surface area contributed by atoms with E-state index in [0.717, 1.165) is 4.90 Å². The first-order valence-electron chi connectivity index (χ1n) is 5.76. The molecule has 0 unspecified atom stereocenters. The SMILES string of the molecule is COc1ccccc1SCC(=O)c1ccccc1F. The summed E-state index contributed by atoms with van der Waals surface area (Å²) in [6.45, 7) is 0. The van der Waals surface area contributed by atoms with Gasteiger partial charge in [0.25, 0.3) is 0 Å². The molecule has 0 spiro atoms. The maximum absolute atomic E-state index is 13.5. The number of methoxy groups -OCH3 is 1. The van der Waals surface area contributed by atoms with Crippen molar-refractivity contribution in [2.45, 2.75) is 4.90 Å². The summed E-state index contributed by atoms with van der Waals surface area (Å²) >= 11 is 1.34. The molecule has 0 saturated carbocycles. The molecule has 0 aliphatic carbocycles. The van der Waals surface area contributed by atoms with Gasteiger partial charge in [-0.25, -0.2) is 4.39 Å². The third kappa shape index (κ3) is 3.35. The van der Waals surface area contributed by atoms with Crippen LogP contribution in [-0.4, -0.2) is 18.6 Å². The summed E-state index contributed by atoms with van der Waals surface area (Å²) in [4.78, 5) is 12.8. The van der Waals surface area contributed by atoms with E-state index in [1.807, 2.05) is 24.3 Å². The fourth-order valence-corrected chi connectivity index (χ4v) is 2.56. The van der Waals surface area contributed by atoms with Crippen LogP contribution in [0.2, 0.25) is 0 Å². The average Bonchev–Trinajstić information content (AvgIpc) is 2.45. The van der Waals surface area contributed by atoms with E-state index in [1.54, 1.807) is 19.2 Å². The highest BCUT2D eigenvalue weighted by molar-refractivity contribution is 8.00. The van der Waals surface area contributed by atoms with Crippen molar-refractivity contribution >= 4 is 17.5 Å². The second-order valence-corrected chi connectivity index (χ2v) is 4.86. The van der Waals surface area contributed by atoms with Crippen LogP contribution >= 0.6 is 11.8 Å². The van der Waals surface area contributed by atoms with Gasteiger partial charge in [-0.05, 0) is 24.3 Å². The van der Waals surface area contributed by atoms with Crippen molar-refractivity contribution in [1.82, 2.24) is 0 Å². The third-order valence-electron chi connectivity index (χ3n) is 2.60. The molecule has 0 aromatic heterocycles. The van der Waals surface area contributed by atoms with Gasteiger partial charge in [0.2, 0.25) is 0 Å². The summed E-state index contributed by atoms with van der Waals surface area (Å²) < 4.78 is 18.7. The van der Waals surface area contributed by atoms with Gasteiger partial charge < -0.3 is 4.74 Å². The number of ketones is 1. The van der Waals surface area contributed by atoms with E-state index >= 15 is 0 Å². The molecule has 2 nitrogen and oxygen atoms in total. The van der Waals surface area contributed by atoms with Gasteiger partial charge in [0.05, 0.1) is 18.4 Å².